The summed E-state index contributed by atoms with van der Waals surface area (Å²) in [6, 6.07) is 10.1. The lowest BCUT2D eigenvalue weighted by atomic mass is 10.3. The molecule has 2 heterocycles. The standard InChI is InChI=1S/C20H25N5O3S.C2H3N/c1-3-24(4-2)29(27,28)16-9-7-15(8-10-16)22-19-18-17(11-12-21-20(18)26)25(23-19)13-14-5-6-14;1-2-3/h7-12,14H,3-6,13H2,1-2H3,(H,21,26)(H,22,23);1H3. The number of fused-ring (bicyclic) bond motifs is 1. The Morgan fingerprint density at radius 3 is 2.41 bits per heavy atom. The molecule has 170 valence electrons. The van der Waals surface area contributed by atoms with Gasteiger partial charge in [0.2, 0.25) is 10.0 Å². The average molecular weight is 457 g/mol. The molecule has 0 atom stereocenters. The van der Waals surface area contributed by atoms with Crippen molar-refractivity contribution in [3.05, 3.63) is 46.9 Å². The zero-order valence-corrected chi connectivity index (χ0v) is 19.3. The summed E-state index contributed by atoms with van der Waals surface area (Å²) in [5, 5.41) is 15.6. The summed E-state index contributed by atoms with van der Waals surface area (Å²) in [6.45, 7) is 6.70. The third kappa shape index (κ3) is 5.00. The Morgan fingerprint density at radius 2 is 1.84 bits per heavy atom. The van der Waals surface area contributed by atoms with E-state index >= 15 is 0 Å². The lowest BCUT2D eigenvalue weighted by Gasteiger charge is -2.18. The van der Waals surface area contributed by atoms with Crippen molar-refractivity contribution in [1.29, 1.82) is 5.26 Å². The average Bonchev–Trinajstić information content (AvgIpc) is 3.51. The van der Waals surface area contributed by atoms with Crippen LogP contribution in [-0.2, 0) is 16.6 Å². The number of sulfonamides is 1. The minimum atomic E-state index is -3.50. The lowest BCUT2D eigenvalue weighted by molar-refractivity contribution is 0.445. The smallest absolute Gasteiger partial charge is 0.261 e. The van der Waals surface area contributed by atoms with Gasteiger partial charge in [-0.15, -0.1) is 0 Å². The van der Waals surface area contributed by atoms with Gasteiger partial charge in [-0.2, -0.15) is 14.7 Å². The maximum absolute atomic E-state index is 12.6. The second kappa shape index (κ2) is 9.97. The van der Waals surface area contributed by atoms with Gasteiger partial charge in [0.05, 0.1) is 16.5 Å². The van der Waals surface area contributed by atoms with E-state index in [9.17, 15) is 13.2 Å². The molecule has 4 rings (SSSR count). The molecular weight excluding hydrogens is 428 g/mol. The van der Waals surface area contributed by atoms with Gasteiger partial charge in [-0.1, -0.05) is 13.8 Å². The largest absolute Gasteiger partial charge is 0.338 e. The maximum atomic E-state index is 12.6. The van der Waals surface area contributed by atoms with Gasteiger partial charge < -0.3 is 10.3 Å². The molecule has 0 aliphatic heterocycles. The molecule has 3 aromatic rings. The van der Waals surface area contributed by atoms with E-state index in [0.29, 0.717) is 35.9 Å². The Bertz CT molecular complexity index is 1260. The second-order valence-electron chi connectivity index (χ2n) is 7.50. The number of rotatable bonds is 8. The molecule has 9 nitrogen and oxygen atoms in total. The Morgan fingerprint density at radius 1 is 1.22 bits per heavy atom. The van der Waals surface area contributed by atoms with E-state index in [0.717, 1.165) is 12.1 Å². The predicted molar refractivity (Wildman–Crippen MR) is 124 cm³/mol. The molecule has 1 fully saturated rings. The summed E-state index contributed by atoms with van der Waals surface area (Å²) < 4.78 is 28.6. The van der Waals surface area contributed by atoms with Gasteiger partial charge in [-0.25, -0.2) is 8.42 Å². The number of nitriles is 1. The first-order valence-corrected chi connectivity index (χ1v) is 12.1. The van der Waals surface area contributed by atoms with Crippen molar-refractivity contribution >= 4 is 32.4 Å². The Balaban J connectivity index is 0.000000913. The van der Waals surface area contributed by atoms with Crippen LogP contribution in [-0.4, -0.2) is 40.6 Å². The number of aromatic nitrogens is 3. The number of aromatic amines is 1. The molecule has 0 spiro atoms. The molecule has 1 aliphatic carbocycles. The molecule has 1 saturated carbocycles. The number of benzene rings is 1. The first-order valence-electron chi connectivity index (χ1n) is 10.6. The van der Waals surface area contributed by atoms with Crippen LogP contribution in [0.3, 0.4) is 0 Å². The van der Waals surface area contributed by atoms with E-state index in [1.165, 1.54) is 24.1 Å². The third-order valence-corrected chi connectivity index (χ3v) is 7.33. The van der Waals surface area contributed by atoms with Gasteiger partial charge in [0.1, 0.15) is 5.39 Å². The van der Waals surface area contributed by atoms with Crippen molar-refractivity contribution in [3.8, 4) is 6.07 Å². The van der Waals surface area contributed by atoms with Crippen molar-refractivity contribution in [3.63, 3.8) is 0 Å². The van der Waals surface area contributed by atoms with Crippen LogP contribution < -0.4 is 10.9 Å². The summed E-state index contributed by atoms with van der Waals surface area (Å²) >= 11 is 0. The lowest BCUT2D eigenvalue weighted by Crippen LogP contribution is -2.30. The molecule has 0 radical (unpaired) electrons. The van der Waals surface area contributed by atoms with Crippen LogP contribution in [0, 0.1) is 17.2 Å². The van der Waals surface area contributed by atoms with Gasteiger partial charge in [0.25, 0.3) is 5.56 Å². The van der Waals surface area contributed by atoms with Crippen molar-refractivity contribution in [1.82, 2.24) is 19.1 Å². The van der Waals surface area contributed by atoms with Crippen LogP contribution in [0.25, 0.3) is 10.9 Å². The topological polar surface area (TPSA) is 124 Å². The number of pyridine rings is 1. The van der Waals surface area contributed by atoms with E-state index in [2.05, 4.69) is 15.4 Å². The first-order chi connectivity index (χ1) is 15.3. The van der Waals surface area contributed by atoms with Crippen LogP contribution >= 0.6 is 0 Å². The normalized spacial score (nSPS) is 13.5. The van der Waals surface area contributed by atoms with E-state index in [4.69, 9.17) is 5.26 Å². The van der Waals surface area contributed by atoms with Crippen LogP contribution in [0.1, 0.15) is 33.6 Å². The number of hydrogen-bond donors (Lipinski definition) is 2. The minimum absolute atomic E-state index is 0.201. The van der Waals surface area contributed by atoms with Crippen molar-refractivity contribution in [2.45, 2.75) is 45.1 Å². The molecule has 32 heavy (non-hydrogen) atoms. The SMILES string of the molecule is CC#N.CCN(CC)S(=O)(=O)c1ccc(Nc2nn(CC3CC3)c3cc[nH]c(=O)c23)cc1. The van der Waals surface area contributed by atoms with Gasteiger partial charge in [0, 0.05) is 38.4 Å². The molecule has 1 aliphatic rings. The van der Waals surface area contributed by atoms with Crippen molar-refractivity contribution in [2.75, 3.05) is 18.4 Å². The van der Waals surface area contributed by atoms with Crippen molar-refractivity contribution < 1.29 is 8.42 Å². The number of hydrogen-bond acceptors (Lipinski definition) is 6. The summed E-state index contributed by atoms with van der Waals surface area (Å²) in [4.78, 5) is 15.3. The van der Waals surface area contributed by atoms with Gasteiger partial charge in [0.15, 0.2) is 5.82 Å². The highest BCUT2D eigenvalue weighted by Gasteiger charge is 2.25. The fourth-order valence-electron chi connectivity index (χ4n) is 3.47. The van der Waals surface area contributed by atoms with Crippen molar-refractivity contribution in [2.24, 2.45) is 5.92 Å². The van der Waals surface area contributed by atoms with Crippen LogP contribution in [0.4, 0.5) is 11.5 Å². The summed E-state index contributed by atoms with van der Waals surface area (Å²) in [6.07, 6.45) is 4.01. The third-order valence-electron chi connectivity index (χ3n) is 5.26. The van der Waals surface area contributed by atoms with E-state index in [1.54, 1.807) is 36.5 Å². The summed E-state index contributed by atoms with van der Waals surface area (Å²) in [7, 11) is -3.50. The molecule has 10 heteroatoms. The molecule has 0 amide bonds. The number of nitrogens with one attached hydrogen (secondary N) is 2. The molecule has 1 aromatic carbocycles. The fraction of sp³-hybridized carbons (Fsp3) is 0.409. The molecule has 0 unspecified atom stereocenters. The van der Waals surface area contributed by atoms with Crippen LogP contribution in [0.5, 0.6) is 0 Å². The Kier molecular flexibility index (Phi) is 7.33. The quantitative estimate of drug-likeness (QED) is 0.535. The van der Waals surface area contributed by atoms with E-state index in [-0.39, 0.29) is 10.5 Å². The number of anilines is 2. The maximum Gasteiger partial charge on any atom is 0.261 e. The molecule has 2 aromatic heterocycles. The Hall–Kier alpha value is -3.16. The van der Waals surface area contributed by atoms with E-state index in [1.807, 2.05) is 24.6 Å². The highest BCUT2D eigenvalue weighted by Crippen LogP contribution is 2.32. The zero-order valence-electron chi connectivity index (χ0n) is 18.5. The van der Waals surface area contributed by atoms with Crippen LogP contribution in [0.2, 0.25) is 0 Å². The zero-order chi connectivity index (χ0) is 23.3. The second-order valence-corrected chi connectivity index (χ2v) is 9.44. The highest BCUT2D eigenvalue weighted by molar-refractivity contribution is 7.89. The summed E-state index contributed by atoms with van der Waals surface area (Å²) in [5.41, 5.74) is 1.27. The molecular formula is C22H28N6O3S. The predicted octanol–water partition coefficient (Wildman–Crippen LogP) is 3.44. The Labute approximate surface area is 187 Å². The van der Waals surface area contributed by atoms with Gasteiger partial charge >= 0.3 is 0 Å². The van der Waals surface area contributed by atoms with E-state index < -0.39 is 10.0 Å². The molecule has 2 N–H and O–H groups in total. The van der Waals surface area contributed by atoms with Crippen LogP contribution in [0.15, 0.2) is 46.2 Å². The molecule has 0 saturated heterocycles. The monoisotopic (exact) mass is 456 g/mol. The summed E-state index contributed by atoms with van der Waals surface area (Å²) in [5.74, 6) is 1.09. The fourth-order valence-corrected chi connectivity index (χ4v) is 4.93. The highest BCUT2D eigenvalue weighted by atomic mass is 32.2. The van der Waals surface area contributed by atoms with Gasteiger partial charge in [-0.3, -0.25) is 9.48 Å². The molecule has 0 bridgehead atoms. The number of H-pyrrole nitrogens is 1. The van der Waals surface area contributed by atoms with Gasteiger partial charge in [-0.05, 0) is 49.1 Å². The number of nitrogens with zero attached hydrogens (tertiary/aromatic N) is 4. The minimum Gasteiger partial charge on any atom is -0.338 e. The first kappa shape index (κ1) is 23.5.